The average molecular weight is 533 g/mol. The minimum absolute atomic E-state index is 0.0116. The number of hydrogen-bond acceptors (Lipinski definition) is 6. The standard InChI is InChI=1S/C28H32N6O3S/c1-16(2)18-8-10-19(11-9-18)30-27(37)32-14-5-7-22(32)26(36)33-15-12-21-23(33)17(3)25(35)34(21)28-31-20-6-4-13-29-24(20)38-28/h4,6,8-11,13,16-17,21-23H,5,7,12,14-15H2,1-3H3,(H,30,37)/t17-,21-,22-,23+/m0/s1. The van der Waals surface area contributed by atoms with Gasteiger partial charge < -0.3 is 15.1 Å². The third-order valence-corrected chi connectivity index (χ3v) is 9.14. The Kier molecular flexibility index (Phi) is 6.29. The van der Waals surface area contributed by atoms with Crippen LogP contribution in [0.3, 0.4) is 0 Å². The molecule has 6 rings (SSSR count). The van der Waals surface area contributed by atoms with Crippen LogP contribution in [0.1, 0.15) is 51.5 Å². The van der Waals surface area contributed by atoms with Crippen LogP contribution in [0.25, 0.3) is 10.3 Å². The zero-order chi connectivity index (χ0) is 26.6. The number of aromatic nitrogens is 2. The molecule has 0 saturated carbocycles. The van der Waals surface area contributed by atoms with E-state index in [9.17, 15) is 14.4 Å². The summed E-state index contributed by atoms with van der Waals surface area (Å²) < 4.78 is 0. The second-order valence-electron chi connectivity index (χ2n) is 10.8. The van der Waals surface area contributed by atoms with Crippen molar-refractivity contribution >= 4 is 50.3 Å². The predicted octanol–water partition coefficient (Wildman–Crippen LogP) is 4.46. The van der Waals surface area contributed by atoms with Crippen LogP contribution in [0.2, 0.25) is 0 Å². The highest BCUT2D eigenvalue weighted by Crippen LogP contribution is 2.42. The molecule has 3 aliphatic heterocycles. The molecule has 0 bridgehead atoms. The number of carbonyl (C=O) groups is 3. The molecule has 1 N–H and O–H groups in total. The Bertz CT molecular complexity index is 1360. The summed E-state index contributed by atoms with van der Waals surface area (Å²) in [5.41, 5.74) is 2.70. The van der Waals surface area contributed by atoms with Gasteiger partial charge in [0.15, 0.2) is 5.13 Å². The summed E-state index contributed by atoms with van der Waals surface area (Å²) in [7, 11) is 0. The van der Waals surface area contributed by atoms with Crippen LogP contribution < -0.4 is 10.2 Å². The van der Waals surface area contributed by atoms with Gasteiger partial charge in [0, 0.05) is 25.0 Å². The van der Waals surface area contributed by atoms with Gasteiger partial charge in [-0.2, -0.15) is 0 Å². The first-order valence-electron chi connectivity index (χ1n) is 13.4. The zero-order valence-electron chi connectivity index (χ0n) is 21.8. The summed E-state index contributed by atoms with van der Waals surface area (Å²) in [6.07, 6.45) is 3.82. The van der Waals surface area contributed by atoms with Gasteiger partial charge in [0.1, 0.15) is 16.4 Å². The molecule has 0 spiro atoms. The lowest BCUT2D eigenvalue weighted by Crippen LogP contribution is -2.52. The van der Waals surface area contributed by atoms with Crippen LogP contribution in [-0.4, -0.2) is 68.8 Å². The maximum atomic E-state index is 13.9. The van der Waals surface area contributed by atoms with E-state index >= 15 is 0 Å². The van der Waals surface area contributed by atoms with Crippen molar-refractivity contribution in [2.75, 3.05) is 23.3 Å². The van der Waals surface area contributed by atoms with Gasteiger partial charge in [-0.05, 0) is 55.0 Å². The maximum Gasteiger partial charge on any atom is 0.322 e. The van der Waals surface area contributed by atoms with E-state index in [0.717, 1.165) is 22.5 Å². The van der Waals surface area contributed by atoms with E-state index < -0.39 is 6.04 Å². The predicted molar refractivity (Wildman–Crippen MR) is 147 cm³/mol. The van der Waals surface area contributed by atoms with Crippen LogP contribution in [-0.2, 0) is 9.59 Å². The lowest BCUT2D eigenvalue weighted by Gasteiger charge is -2.32. The molecule has 38 heavy (non-hydrogen) atoms. The van der Waals surface area contributed by atoms with Crippen molar-refractivity contribution in [2.45, 2.75) is 64.1 Å². The van der Waals surface area contributed by atoms with Crippen molar-refractivity contribution in [1.82, 2.24) is 19.8 Å². The van der Waals surface area contributed by atoms with Crippen molar-refractivity contribution in [2.24, 2.45) is 5.92 Å². The highest BCUT2D eigenvalue weighted by molar-refractivity contribution is 7.22. The highest BCUT2D eigenvalue weighted by Gasteiger charge is 2.55. The van der Waals surface area contributed by atoms with Gasteiger partial charge in [0.05, 0.1) is 18.0 Å². The van der Waals surface area contributed by atoms with Crippen molar-refractivity contribution in [1.29, 1.82) is 0 Å². The normalized spacial score (nSPS) is 25.1. The minimum Gasteiger partial charge on any atom is -0.335 e. The Balaban J connectivity index is 1.18. The van der Waals surface area contributed by atoms with Crippen LogP contribution >= 0.6 is 11.3 Å². The number of hydrogen-bond donors (Lipinski definition) is 1. The molecular weight excluding hydrogens is 500 g/mol. The summed E-state index contributed by atoms with van der Waals surface area (Å²) in [6.45, 7) is 7.26. The van der Waals surface area contributed by atoms with E-state index in [-0.39, 0.29) is 35.8 Å². The SMILES string of the molecule is CC(C)c1ccc(NC(=O)N2CCC[C@H]2C(=O)N2CC[C@H]3[C@H]2[C@H](C)C(=O)N3c2nc3cccnc3s2)cc1. The van der Waals surface area contributed by atoms with Crippen molar-refractivity contribution in [3.63, 3.8) is 0 Å². The third-order valence-electron chi connectivity index (χ3n) is 8.16. The number of nitrogens with one attached hydrogen (secondary N) is 1. The van der Waals surface area contributed by atoms with Gasteiger partial charge in [-0.15, -0.1) is 0 Å². The number of amides is 4. The smallest absolute Gasteiger partial charge is 0.322 e. The molecular formula is C28H32N6O3S. The van der Waals surface area contributed by atoms with Crippen LogP contribution in [0.5, 0.6) is 0 Å². The molecule has 4 atom stereocenters. The van der Waals surface area contributed by atoms with E-state index in [1.54, 1.807) is 16.0 Å². The maximum absolute atomic E-state index is 13.9. The monoisotopic (exact) mass is 532 g/mol. The molecule has 0 unspecified atom stereocenters. The van der Waals surface area contributed by atoms with Gasteiger partial charge in [-0.25, -0.2) is 14.8 Å². The lowest BCUT2D eigenvalue weighted by molar-refractivity contribution is -0.137. The molecule has 2 aromatic heterocycles. The Morgan fingerprint density at radius 1 is 1.08 bits per heavy atom. The van der Waals surface area contributed by atoms with E-state index in [0.29, 0.717) is 37.0 Å². The summed E-state index contributed by atoms with van der Waals surface area (Å²) >= 11 is 1.41. The number of urea groups is 1. The fourth-order valence-electron chi connectivity index (χ4n) is 6.17. The molecule has 10 heteroatoms. The minimum atomic E-state index is -0.522. The fraction of sp³-hybridized carbons (Fsp3) is 0.464. The van der Waals surface area contributed by atoms with Crippen LogP contribution in [0, 0.1) is 5.92 Å². The summed E-state index contributed by atoms with van der Waals surface area (Å²) in [5.74, 6) is 0.00139. The van der Waals surface area contributed by atoms with Gasteiger partial charge in [0.2, 0.25) is 11.8 Å². The third kappa shape index (κ3) is 4.11. The Labute approximate surface area is 225 Å². The number of rotatable bonds is 4. The van der Waals surface area contributed by atoms with Gasteiger partial charge >= 0.3 is 6.03 Å². The number of pyridine rings is 1. The first-order valence-corrected chi connectivity index (χ1v) is 14.2. The zero-order valence-corrected chi connectivity index (χ0v) is 22.6. The second-order valence-corrected chi connectivity index (χ2v) is 11.7. The first-order chi connectivity index (χ1) is 18.3. The van der Waals surface area contributed by atoms with Crippen LogP contribution in [0.15, 0.2) is 42.6 Å². The summed E-state index contributed by atoms with van der Waals surface area (Å²) in [4.78, 5) is 55.6. The molecule has 3 aromatic rings. The number of benzene rings is 1. The van der Waals surface area contributed by atoms with E-state index in [4.69, 9.17) is 0 Å². The van der Waals surface area contributed by atoms with Crippen molar-refractivity contribution < 1.29 is 14.4 Å². The summed E-state index contributed by atoms with van der Waals surface area (Å²) in [5, 5.41) is 3.61. The quantitative estimate of drug-likeness (QED) is 0.535. The molecule has 3 aliphatic rings. The Morgan fingerprint density at radius 2 is 1.87 bits per heavy atom. The fourth-order valence-corrected chi connectivity index (χ4v) is 7.14. The van der Waals surface area contributed by atoms with Gasteiger partial charge in [-0.1, -0.05) is 44.2 Å². The van der Waals surface area contributed by atoms with E-state index in [1.807, 2.05) is 48.2 Å². The van der Waals surface area contributed by atoms with Crippen molar-refractivity contribution in [3.05, 3.63) is 48.2 Å². The van der Waals surface area contributed by atoms with Gasteiger partial charge in [-0.3, -0.25) is 14.5 Å². The van der Waals surface area contributed by atoms with E-state index in [1.165, 1.54) is 16.9 Å². The van der Waals surface area contributed by atoms with Crippen LogP contribution in [0.4, 0.5) is 15.6 Å². The lowest BCUT2D eigenvalue weighted by atomic mass is 10.0. The second kappa shape index (κ2) is 9.65. The Hall–Kier alpha value is -3.53. The number of carbonyl (C=O) groups excluding carboxylic acids is 3. The average Bonchev–Trinajstić information content (AvgIpc) is 3.69. The topological polar surface area (TPSA) is 98.7 Å². The van der Waals surface area contributed by atoms with Gasteiger partial charge in [0.25, 0.3) is 0 Å². The van der Waals surface area contributed by atoms with E-state index in [2.05, 4.69) is 29.1 Å². The number of anilines is 2. The summed E-state index contributed by atoms with van der Waals surface area (Å²) in [6, 6.07) is 10.4. The number of fused-ring (bicyclic) bond motifs is 2. The molecule has 5 heterocycles. The molecule has 198 valence electrons. The molecule has 0 radical (unpaired) electrons. The molecule has 9 nitrogen and oxygen atoms in total. The largest absolute Gasteiger partial charge is 0.335 e. The molecule has 1 aromatic carbocycles. The van der Waals surface area contributed by atoms with Crippen molar-refractivity contribution in [3.8, 4) is 0 Å². The first kappa shape index (κ1) is 24.8. The molecule has 4 amide bonds. The number of nitrogens with zero attached hydrogens (tertiary/aromatic N) is 5. The highest BCUT2D eigenvalue weighted by atomic mass is 32.1. The number of likely N-dealkylation sites (tertiary alicyclic amines) is 2. The number of thiazole rings is 1. The molecule has 3 fully saturated rings. The Morgan fingerprint density at radius 3 is 2.61 bits per heavy atom. The molecule has 0 aliphatic carbocycles. The molecule has 3 saturated heterocycles.